The molecule has 1 aromatic carbocycles. The molecular weight excluding hydrogens is 196 g/mol. The standard InChI is InChI=1S/C14H22N2/c1-3-14(4-2)11-6-5-7-12(15)10(11)8-9-13(14)16/h5-7,13H,3-4,8-9,15-16H2,1-2H3. The molecule has 4 N–H and O–H groups in total. The molecule has 2 heteroatoms. The number of nitrogen functional groups attached to an aromatic ring is 1. The van der Waals surface area contributed by atoms with Crippen LogP contribution in [-0.2, 0) is 11.8 Å². The van der Waals surface area contributed by atoms with E-state index in [2.05, 4.69) is 26.0 Å². The lowest BCUT2D eigenvalue weighted by atomic mass is 9.64. The Hall–Kier alpha value is -1.02. The third-order valence-corrected chi connectivity index (χ3v) is 4.43. The summed E-state index contributed by atoms with van der Waals surface area (Å²) >= 11 is 0. The molecule has 0 aromatic heterocycles. The highest BCUT2D eigenvalue weighted by Crippen LogP contribution is 2.43. The average molecular weight is 218 g/mol. The van der Waals surface area contributed by atoms with Crippen molar-refractivity contribution in [1.29, 1.82) is 0 Å². The first-order chi connectivity index (χ1) is 7.65. The summed E-state index contributed by atoms with van der Waals surface area (Å²) in [4.78, 5) is 0. The summed E-state index contributed by atoms with van der Waals surface area (Å²) in [7, 11) is 0. The van der Waals surface area contributed by atoms with Gasteiger partial charge in [-0.25, -0.2) is 0 Å². The van der Waals surface area contributed by atoms with Crippen LogP contribution in [0.15, 0.2) is 18.2 Å². The zero-order chi connectivity index (χ0) is 11.8. The molecule has 0 saturated carbocycles. The first kappa shape index (κ1) is 11.5. The van der Waals surface area contributed by atoms with Crippen LogP contribution >= 0.6 is 0 Å². The van der Waals surface area contributed by atoms with E-state index in [1.807, 2.05) is 6.07 Å². The van der Waals surface area contributed by atoms with Crippen molar-refractivity contribution in [3.05, 3.63) is 29.3 Å². The smallest absolute Gasteiger partial charge is 0.0349 e. The SMILES string of the molecule is CCC1(CC)c2cccc(N)c2CCC1N. The fraction of sp³-hybridized carbons (Fsp3) is 0.571. The second-order valence-electron chi connectivity index (χ2n) is 4.88. The van der Waals surface area contributed by atoms with E-state index in [1.54, 1.807) is 0 Å². The monoisotopic (exact) mass is 218 g/mol. The van der Waals surface area contributed by atoms with Crippen molar-refractivity contribution < 1.29 is 0 Å². The molecule has 16 heavy (non-hydrogen) atoms. The average Bonchev–Trinajstić information content (AvgIpc) is 2.30. The highest BCUT2D eigenvalue weighted by molar-refractivity contribution is 5.55. The first-order valence-corrected chi connectivity index (χ1v) is 6.29. The van der Waals surface area contributed by atoms with Crippen LogP contribution in [0.1, 0.15) is 44.2 Å². The predicted molar refractivity (Wildman–Crippen MR) is 69.4 cm³/mol. The van der Waals surface area contributed by atoms with Crippen LogP contribution in [0.3, 0.4) is 0 Å². The van der Waals surface area contributed by atoms with Gasteiger partial charge < -0.3 is 11.5 Å². The van der Waals surface area contributed by atoms with Crippen LogP contribution in [0.5, 0.6) is 0 Å². The van der Waals surface area contributed by atoms with E-state index in [0.29, 0.717) is 0 Å². The minimum atomic E-state index is 0.142. The molecule has 1 atom stereocenters. The quantitative estimate of drug-likeness (QED) is 0.750. The molecule has 0 saturated heterocycles. The van der Waals surface area contributed by atoms with E-state index in [0.717, 1.165) is 31.4 Å². The highest BCUT2D eigenvalue weighted by atomic mass is 14.7. The van der Waals surface area contributed by atoms with Gasteiger partial charge in [0, 0.05) is 17.1 Å². The van der Waals surface area contributed by atoms with E-state index in [9.17, 15) is 0 Å². The molecule has 0 heterocycles. The Balaban J connectivity index is 2.60. The number of hydrogen-bond acceptors (Lipinski definition) is 2. The molecule has 2 nitrogen and oxygen atoms in total. The summed E-state index contributed by atoms with van der Waals surface area (Å²) < 4.78 is 0. The topological polar surface area (TPSA) is 52.0 Å². The fourth-order valence-electron chi connectivity index (χ4n) is 3.28. The molecule has 1 aromatic rings. The Morgan fingerprint density at radius 3 is 2.62 bits per heavy atom. The Morgan fingerprint density at radius 1 is 1.31 bits per heavy atom. The summed E-state index contributed by atoms with van der Waals surface area (Å²) in [5.74, 6) is 0. The van der Waals surface area contributed by atoms with Crippen molar-refractivity contribution in [1.82, 2.24) is 0 Å². The second kappa shape index (κ2) is 4.10. The minimum absolute atomic E-state index is 0.142. The van der Waals surface area contributed by atoms with E-state index in [4.69, 9.17) is 11.5 Å². The molecule has 0 fully saturated rings. The van der Waals surface area contributed by atoms with Gasteiger partial charge in [-0.05, 0) is 42.9 Å². The van der Waals surface area contributed by atoms with Crippen molar-refractivity contribution in [2.45, 2.75) is 51.0 Å². The zero-order valence-electron chi connectivity index (χ0n) is 10.3. The van der Waals surface area contributed by atoms with Crippen molar-refractivity contribution in [2.75, 3.05) is 5.73 Å². The molecule has 0 spiro atoms. The van der Waals surface area contributed by atoms with Crippen LogP contribution in [0.2, 0.25) is 0 Å². The number of anilines is 1. The summed E-state index contributed by atoms with van der Waals surface area (Å²) in [6.45, 7) is 4.48. The van der Waals surface area contributed by atoms with E-state index in [-0.39, 0.29) is 11.5 Å². The molecule has 0 radical (unpaired) electrons. The maximum atomic E-state index is 6.36. The van der Waals surface area contributed by atoms with Crippen LogP contribution in [0.25, 0.3) is 0 Å². The van der Waals surface area contributed by atoms with Gasteiger partial charge in [-0.3, -0.25) is 0 Å². The maximum absolute atomic E-state index is 6.36. The van der Waals surface area contributed by atoms with Gasteiger partial charge in [0.2, 0.25) is 0 Å². The predicted octanol–water partition coefficient (Wildman–Crippen LogP) is 2.60. The van der Waals surface area contributed by atoms with Gasteiger partial charge in [-0.2, -0.15) is 0 Å². The van der Waals surface area contributed by atoms with Gasteiger partial charge in [0.25, 0.3) is 0 Å². The number of fused-ring (bicyclic) bond motifs is 1. The first-order valence-electron chi connectivity index (χ1n) is 6.29. The molecule has 88 valence electrons. The van der Waals surface area contributed by atoms with Crippen LogP contribution in [-0.4, -0.2) is 6.04 Å². The van der Waals surface area contributed by atoms with Gasteiger partial charge in [-0.15, -0.1) is 0 Å². The molecule has 0 bridgehead atoms. The van der Waals surface area contributed by atoms with Gasteiger partial charge in [0.15, 0.2) is 0 Å². The number of hydrogen-bond donors (Lipinski definition) is 2. The number of nitrogens with two attached hydrogens (primary N) is 2. The largest absolute Gasteiger partial charge is 0.398 e. The van der Waals surface area contributed by atoms with Crippen LogP contribution in [0.4, 0.5) is 5.69 Å². The minimum Gasteiger partial charge on any atom is -0.398 e. The Bertz CT molecular complexity index is 380. The summed E-state index contributed by atoms with van der Waals surface area (Å²) in [5.41, 5.74) is 16.3. The van der Waals surface area contributed by atoms with Gasteiger partial charge in [0.05, 0.1) is 0 Å². The molecule has 0 aliphatic heterocycles. The normalized spacial score (nSPS) is 22.8. The highest BCUT2D eigenvalue weighted by Gasteiger charge is 2.39. The number of benzene rings is 1. The van der Waals surface area contributed by atoms with E-state index in [1.165, 1.54) is 11.1 Å². The lowest BCUT2D eigenvalue weighted by Gasteiger charge is -2.43. The Kier molecular flexibility index (Phi) is 2.94. The zero-order valence-corrected chi connectivity index (χ0v) is 10.3. The molecule has 1 unspecified atom stereocenters. The molecule has 2 rings (SSSR count). The molecule has 0 amide bonds. The molecule has 1 aliphatic rings. The summed E-state index contributed by atoms with van der Waals surface area (Å²) in [6, 6.07) is 6.56. The fourth-order valence-corrected chi connectivity index (χ4v) is 3.28. The third-order valence-electron chi connectivity index (χ3n) is 4.43. The Labute approximate surface area is 98.0 Å². The van der Waals surface area contributed by atoms with Gasteiger partial charge >= 0.3 is 0 Å². The van der Waals surface area contributed by atoms with Crippen LogP contribution < -0.4 is 11.5 Å². The second-order valence-corrected chi connectivity index (χ2v) is 4.88. The van der Waals surface area contributed by atoms with Crippen molar-refractivity contribution >= 4 is 5.69 Å². The molecule has 1 aliphatic carbocycles. The van der Waals surface area contributed by atoms with Crippen molar-refractivity contribution in [3.63, 3.8) is 0 Å². The lowest BCUT2D eigenvalue weighted by molar-refractivity contribution is 0.286. The Morgan fingerprint density at radius 2 is 2.00 bits per heavy atom. The van der Waals surface area contributed by atoms with E-state index >= 15 is 0 Å². The lowest BCUT2D eigenvalue weighted by Crippen LogP contribution is -2.48. The third kappa shape index (κ3) is 1.44. The maximum Gasteiger partial charge on any atom is 0.0349 e. The number of rotatable bonds is 2. The summed E-state index contributed by atoms with van der Waals surface area (Å²) in [5, 5.41) is 0. The van der Waals surface area contributed by atoms with Gasteiger partial charge in [-0.1, -0.05) is 26.0 Å². The van der Waals surface area contributed by atoms with Crippen molar-refractivity contribution in [3.8, 4) is 0 Å². The summed E-state index contributed by atoms with van der Waals surface area (Å²) in [6.07, 6.45) is 4.29. The van der Waals surface area contributed by atoms with Gasteiger partial charge in [0.1, 0.15) is 0 Å². The molecular formula is C14H22N2. The van der Waals surface area contributed by atoms with E-state index < -0.39 is 0 Å². The van der Waals surface area contributed by atoms with Crippen LogP contribution in [0, 0.1) is 0 Å². The van der Waals surface area contributed by atoms with Crippen molar-refractivity contribution in [2.24, 2.45) is 5.73 Å².